The van der Waals surface area contributed by atoms with Gasteiger partial charge in [0.15, 0.2) is 0 Å². The van der Waals surface area contributed by atoms with Gasteiger partial charge >= 0.3 is 6.03 Å². The zero-order valence-corrected chi connectivity index (χ0v) is 13.7. The van der Waals surface area contributed by atoms with Crippen LogP contribution in [0.25, 0.3) is 11.8 Å². The van der Waals surface area contributed by atoms with Gasteiger partial charge in [-0.1, -0.05) is 6.07 Å². The van der Waals surface area contributed by atoms with Crippen LogP contribution in [0.3, 0.4) is 0 Å². The summed E-state index contributed by atoms with van der Waals surface area (Å²) in [5, 5.41) is 4.73. The van der Waals surface area contributed by atoms with Gasteiger partial charge in [0.25, 0.3) is 5.91 Å². The van der Waals surface area contributed by atoms with Crippen LogP contribution in [-0.4, -0.2) is 16.5 Å². The van der Waals surface area contributed by atoms with Gasteiger partial charge in [-0.3, -0.25) is 10.1 Å². The second kappa shape index (κ2) is 5.43. The average molecular weight is 309 g/mol. The van der Waals surface area contributed by atoms with Crippen molar-refractivity contribution in [3.05, 3.63) is 58.0 Å². The first-order valence-electron chi connectivity index (χ1n) is 7.47. The van der Waals surface area contributed by atoms with Gasteiger partial charge in [0.2, 0.25) is 0 Å². The molecule has 23 heavy (non-hydrogen) atoms. The predicted octanol–water partition coefficient (Wildman–Crippen LogP) is 2.89. The Bertz CT molecular complexity index is 839. The molecule has 1 saturated heterocycles. The van der Waals surface area contributed by atoms with Crippen molar-refractivity contribution in [3.8, 4) is 5.69 Å². The van der Waals surface area contributed by atoms with Crippen LogP contribution in [0.2, 0.25) is 0 Å². The molecule has 2 N–H and O–H groups in total. The first-order chi connectivity index (χ1) is 10.8. The van der Waals surface area contributed by atoms with Crippen LogP contribution in [0.1, 0.15) is 28.1 Å². The molecule has 0 unspecified atom stereocenters. The summed E-state index contributed by atoms with van der Waals surface area (Å²) < 4.78 is 2.15. The van der Waals surface area contributed by atoms with Gasteiger partial charge < -0.3 is 9.88 Å². The van der Waals surface area contributed by atoms with Crippen molar-refractivity contribution in [2.24, 2.45) is 0 Å². The summed E-state index contributed by atoms with van der Waals surface area (Å²) in [6.07, 6.45) is 1.71. The lowest BCUT2D eigenvalue weighted by Gasteiger charge is -2.12. The highest BCUT2D eigenvalue weighted by Gasteiger charge is 2.23. The number of carbonyl (C=O) groups excluding carboxylic acids is 2. The largest absolute Gasteiger partial charge is 0.326 e. The molecule has 1 aromatic carbocycles. The third-order valence-electron chi connectivity index (χ3n) is 3.95. The van der Waals surface area contributed by atoms with E-state index in [1.54, 1.807) is 6.08 Å². The van der Waals surface area contributed by atoms with Crippen LogP contribution < -0.4 is 10.6 Å². The maximum Gasteiger partial charge on any atom is 0.326 e. The summed E-state index contributed by atoms with van der Waals surface area (Å²) in [7, 11) is 0. The molecule has 0 aliphatic carbocycles. The van der Waals surface area contributed by atoms with Crippen LogP contribution in [0.4, 0.5) is 4.79 Å². The number of hydrogen-bond donors (Lipinski definition) is 2. The molecular weight excluding hydrogens is 290 g/mol. The Hall–Kier alpha value is -2.82. The molecule has 0 bridgehead atoms. The van der Waals surface area contributed by atoms with Gasteiger partial charge in [-0.2, -0.15) is 0 Å². The van der Waals surface area contributed by atoms with E-state index in [1.165, 1.54) is 11.1 Å². The number of nitrogens with one attached hydrogen (secondary N) is 2. The molecule has 0 saturated carbocycles. The summed E-state index contributed by atoms with van der Waals surface area (Å²) in [4.78, 5) is 22.9. The second-order valence-electron chi connectivity index (χ2n) is 5.97. The third kappa shape index (κ3) is 2.77. The Labute approximate surface area is 135 Å². The molecule has 0 atom stereocenters. The van der Waals surface area contributed by atoms with Gasteiger partial charge in [0.05, 0.1) is 0 Å². The number of imide groups is 1. The molecule has 5 nitrogen and oxygen atoms in total. The average Bonchev–Trinajstić information content (AvgIpc) is 2.88. The van der Waals surface area contributed by atoms with E-state index >= 15 is 0 Å². The summed E-state index contributed by atoms with van der Waals surface area (Å²) in [6, 6.07) is 7.93. The van der Waals surface area contributed by atoms with Crippen LogP contribution in [0, 0.1) is 27.7 Å². The zero-order valence-electron chi connectivity index (χ0n) is 13.7. The molecule has 1 fully saturated rings. The first-order valence-corrected chi connectivity index (χ1v) is 7.47. The lowest BCUT2D eigenvalue weighted by molar-refractivity contribution is -0.115. The maximum absolute atomic E-state index is 11.7. The summed E-state index contributed by atoms with van der Waals surface area (Å²) >= 11 is 0. The molecule has 3 rings (SSSR count). The van der Waals surface area contributed by atoms with Gasteiger partial charge in [-0.25, -0.2) is 4.79 Å². The van der Waals surface area contributed by atoms with Crippen molar-refractivity contribution in [2.45, 2.75) is 27.7 Å². The fourth-order valence-electron chi connectivity index (χ4n) is 3.05. The minimum atomic E-state index is -0.482. The van der Waals surface area contributed by atoms with Crippen molar-refractivity contribution in [1.29, 1.82) is 0 Å². The van der Waals surface area contributed by atoms with E-state index in [0.29, 0.717) is 0 Å². The predicted molar refractivity (Wildman–Crippen MR) is 89.4 cm³/mol. The summed E-state index contributed by atoms with van der Waals surface area (Å²) in [5.74, 6) is -0.397. The number of aromatic nitrogens is 1. The number of urea groups is 1. The van der Waals surface area contributed by atoms with E-state index in [1.807, 2.05) is 19.9 Å². The molecule has 1 aromatic heterocycles. The van der Waals surface area contributed by atoms with Crippen molar-refractivity contribution in [2.75, 3.05) is 0 Å². The fraction of sp³-hybridized carbons (Fsp3) is 0.222. The molecule has 0 spiro atoms. The number of amides is 3. The minimum absolute atomic E-state index is 0.274. The number of carbonyl (C=O) groups is 2. The summed E-state index contributed by atoms with van der Waals surface area (Å²) in [6.45, 7) is 8.18. The minimum Gasteiger partial charge on any atom is -0.318 e. The molecular formula is C18H19N3O2. The Kier molecular flexibility index (Phi) is 3.56. The Morgan fingerprint density at radius 1 is 0.913 bits per heavy atom. The highest BCUT2D eigenvalue weighted by Crippen LogP contribution is 2.24. The smallest absolute Gasteiger partial charge is 0.318 e. The molecule has 5 heteroatoms. The van der Waals surface area contributed by atoms with Crippen molar-refractivity contribution < 1.29 is 9.59 Å². The van der Waals surface area contributed by atoms with E-state index in [-0.39, 0.29) is 5.70 Å². The van der Waals surface area contributed by atoms with Gasteiger partial charge in [-0.15, -0.1) is 0 Å². The molecule has 1 aliphatic rings. The standard InChI is InChI=1S/C18H19N3O2/c1-10-5-11(2)7-15(6-10)21-12(3)8-14(13(21)4)9-16-17(22)20-18(23)19-16/h5-9H,1-4H3,(H2,19,20,22,23)/b16-9-. The second-order valence-corrected chi connectivity index (χ2v) is 5.97. The molecule has 3 amide bonds. The Balaban J connectivity index is 2.08. The number of rotatable bonds is 2. The third-order valence-corrected chi connectivity index (χ3v) is 3.95. The molecule has 1 aliphatic heterocycles. The van der Waals surface area contributed by atoms with Gasteiger partial charge in [-0.05, 0) is 68.7 Å². The van der Waals surface area contributed by atoms with Crippen LogP contribution in [-0.2, 0) is 4.79 Å². The number of hydrogen-bond acceptors (Lipinski definition) is 2. The van der Waals surface area contributed by atoms with Gasteiger partial charge in [0, 0.05) is 17.1 Å². The van der Waals surface area contributed by atoms with E-state index in [9.17, 15) is 9.59 Å². The van der Waals surface area contributed by atoms with E-state index < -0.39 is 11.9 Å². The SMILES string of the molecule is Cc1cc(C)cc(-n2c(C)cc(/C=C3\NC(=O)NC3=O)c2C)c1. The molecule has 2 heterocycles. The molecule has 0 radical (unpaired) electrons. The Morgan fingerprint density at radius 3 is 2.13 bits per heavy atom. The highest BCUT2D eigenvalue weighted by atomic mass is 16.2. The normalized spacial score (nSPS) is 15.9. The Morgan fingerprint density at radius 2 is 1.57 bits per heavy atom. The monoisotopic (exact) mass is 309 g/mol. The maximum atomic E-state index is 11.7. The number of aryl methyl sites for hydroxylation is 3. The molecule has 2 aromatic rings. The van der Waals surface area contributed by atoms with Gasteiger partial charge in [0.1, 0.15) is 5.70 Å². The number of nitrogens with zero attached hydrogens (tertiary/aromatic N) is 1. The van der Waals surface area contributed by atoms with Crippen LogP contribution >= 0.6 is 0 Å². The summed E-state index contributed by atoms with van der Waals surface area (Å²) in [5.41, 5.74) is 6.79. The van der Waals surface area contributed by atoms with Crippen molar-refractivity contribution >= 4 is 18.0 Å². The zero-order chi connectivity index (χ0) is 16.7. The van der Waals surface area contributed by atoms with Crippen LogP contribution in [0.5, 0.6) is 0 Å². The van der Waals surface area contributed by atoms with Crippen molar-refractivity contribution in [3.63, 3.8) is 0 Å². The van der Waals surface area contributed by atoms with E-state index in [0.717, 1.165) is 22.6 Å². The topological polar surface area (TPSA) is 63.1 Å². The number of benzene rings is 1. The van der Waals surface area contributed by atoms with Crippen molar-refractivity contribution in [1.82, 2.24) is 15.2 Å². The lowest BCUT2D eigenvalue weighted by Crippen LogP contribution is -2.22. The van der Waals surface area contributed by atoms with Crippen LogP contribution in [0.15, 0.2) is 30.0 Å². The fourth-order valence-corrected chi connectivity index (χ4v) is 3.05. The lowest BCUT2D eigenvalue weighted by atomic mass is 10.1. The first kappa shape index (κ1) is 15.1. The highest BCUT2D eigenvalue weighted by molar-refractivity contribution is 6.14. The van der Waals surface area contributed by atoms with E-state index in [4.69, 9.17) is 0 Å². The molecule has 118 valence electrons. The van der Waals surface area contributed by atoms with E-state index in [2.05, 4.69) is 47.2 Å². The quantitative estimate of drug-likeness (QED) is 0.662.